The zero-order valence-corrected chi connectivity index (χ0v) is 12.0. The van der Waals surface area contributed by atoms with Crippen molar-refractivity contribution >= 4 is 5.91 Å². The zero-order chi connectivity index (χ0) is 14.7. The molecular formula is C15H19N5O. The highest BCUT2D eigenvalue weighted by Gasteiger charge is 2.16. The first-order valence-electron chi connectivity index (χ1n) is 7.21. The highest BCUT2D eigenvalue weighted by Crippen LogP contribution is 2.15. The van der Waals surface area contributed by atoms with Crippen LogP contribution in [-0.2, 0) is 0 Å². The molecule has 0 saturated carbocycles. The Hall–Kier alpha value is -2.21. The Kier molecular flexibility index (Phi) is 3.96. The normalized spacial score (nSPS) is 18.4. The lowest BCUT2D eigenvalue weighted by Gasteiger charge is -2.23. The summed E-state index contributed by atoms with van der Waals surface area (Å²) in [5, 5.41) is 10.5. The third-order valence-electron chi connectivity index (χ3n) is 3.76. The van der Waals surface area contributed by atoms with Gasteiger partial charge in [0, 0.05) is 18.2 Å². The van der Waals surface area contributed by atoms with Crippen LogP contribution in [0.4, 0.5) is 0 Å². The van der Waals surface area contributed by atoms with E-state index in [1.807, 2.05) is 25.1 Å². The minimum absolute atomic E-state index is 0.0167. The fourth-order valence-corrected chi connectivity index (χ4v) is 2.63. The molecule has 6 heteroatoms. The summed E-state index contributed by atoms with van der Waals surface area (Å²) in [4.78, 5) is 16.2. The van der Waals surface area contributed by atoms with Gasteiger partial charge in [-0.15, -0.1) is 0 Å². The smallest absolute Gasteiger partial charge is 0.251 e. The molecule has 0 bridgehead atoms. The lowest BCUT2D eigenvalue weighted by molar-refractivity contribution is 0.0930. The molecule has 1 atom stereocenters. The average molecular weight is 285 g/mol. The largest absolute Gasteiger partial charge is 0.348 e. The molecule has 21 heavy (non-hydrogen) atoms. The van der Waals surface area contributed by atoms with Crippen molar-refractivity contribution in [2.24, 2.45) is 0 Å². The minimum atomic E-state index is -0.0167. The number of benzene rings is 1. The molecule has 2 heterocycles. The summed E-state index contributed by atoms with van der Waals surface area (Å²) >= 11 is 0. The Balaban J connectivity index is 1.73. The zero-order valence-electron chi connectivity index (χ0n) is 12.0. The molecule has 110 valence electrons. The molecule has 2 aromatic rings. The molecule has 1 aromatic heterocycles. The van der Waals surface area contributed by atoms with E-state index in [4.69, 9.17) is 0 Å². The summed E-state index contributed by atoms with van der Waals surface area (Å²) in [6, 6.07) is 5.84. The van der Waals surface area contributed by atoms with Crippen molar-refractivity contribution in [1.29, 1.82) is 0 Å². The average Bonchev–Trinajstić information content (AvgIpc) is 3.02. The number of hydrogen-bond donors (Lipinski definition) is 2. The predicted octanol–water partition coefficient (Wildman–Crippen LogP) is 1.06. The van der Waals surface area contributed by atoms with Gasteiger partial charge in [0.25, 0.3) is 5.91 Å². The Morgan fingerprint density at radius 2 is 2.38 bits per heavy atom. The molecule has 1 amide bonds. The Morgan fingerprint density at radius 1 is 1.48 bits per heavy atom. The first-order valence-corrected chi connectivity index (χ1v) is 7.21. The van der Waals surface area contributed by atoms with Gasteiger partial charge in [-0.2, -0.15) is 5.10 Å². The van der Waals surface area contributed by atoms with Crippen molar-refractivity contribution in [2.45, 2.75) is 25.8 Å². The number of hydrogen-bond acceptors (Lipinski definition) is 4. The molecule has 1 aliphatic heterocycles. The number of amides is 1. The topological polar surface area (TPSA) is 71.8 Å². The van der Waals surface area contributed by atoms with Crippen molar-refractivity contribution in [1.82, 2.24) is 25.4 Å². The van der Waals surface area contributed by atoms with Gasteiger partial charge in [-0.05, 0) is 50.1 Å². The van der Waals surface area contributed by atoms with Crippen molar-refractivity contribution in [3.05, 3.63) is 42.0 Å². The van der Waals surface area contributed by atoms with Crippen LogP contribution >= 0.6 is 0 Å². The van der Waals surface area contributed by atoms with E-state index in [0.717, 1.165) is 37.2 Å². The van der Waals surface area contributed by atoms with E-state index in [-0.39, 0.29) is 11.9 Å². The number of piperidine rings is 1. The van der Waals surface area contributed by atoms with E-state index in [9.17, 15) is 4.79 Å². The lowest BCUT2D eigenvalue weighted by atomic mass is 10.1. The van der Waals surface area contributed by atoms with Crippen LogP contribution in [0.2, 0.25) is 0 Å². The van der Waals surface area contributed by atoms with E-state index in [2.05, 4.69) is 20.7 Å². The number of aryl methyl sites for hydroxylation is 1. The van der Waals surface area contributed by atoms with Crippen LogP contribution < -0.4 is 10.6 Å². The third kappa shape index (κ3) is 3.11. The Labute approximate surface area is 123 Å². The van der Waals surface area contributed by atoms with Crippen LogP contribution in [-0.4, -0.2) is 39.8 Å². The van der Waals surface area contributed by atoms with Crippen molar-refractivity contribution in [2.75, 3.05) is 13.1 Å². The summed E-state index contributed by atoms with van der Waals surface area (Å²) < 4.78 is 1.70. The molecule has 0 radical (unpaired) electrons. The number of nitrogens with zero attached hydrogens (tertiary/aromatic N) is 3. The molecule has 1 aliphatic rings. The minimum Gasteiger partial charge on any atom is -0.348 e. The van der Waals surface area contributed by atoms with Gasteiger partial charge >= 0.3 is 0 Å². The molecular weight excluding hydrogens is 266 g/mol. The van der Waals surface area contributed by atoms with Gasteiger partial charge in [-0.1, -0.05) is 0 Å². The molecule has 0 unspecified atom stereocenters. The number of carbonyl (C=O) groups excluding carboxylic acids is 1. The Bertz CT molecular complexity index is 617. The lowest BCUT2D eigenvalue weighted by Crippen LogP contribution is -2.45. The molecule has 1 saturated heterocycles. The molecule has 2 N–H and O–H groups in total. The Morgan fingerprint density at radius 3 is 3.05 bits per heavy atom. The molecule has 6 nitrogen and oxygen atoms in total. The maximum atomic E-state index is 12.3. The van der Waals surface area contributed by atoms with Crippen molar-refractivity contribution < 1.29 is 4.79 Å². The molecule has 0 aliphatic carbocycles. The van der Waals surface area contributed by atoms with E-state index < -0.39 is 0 Å². The fourth-order valence-electron chi connectivity index (χ4n) is 2.63. The highest BCUT2D eigenvalue weighted by molar-refractivity contribution is 5.94. The maximum absolute atomic E-state index is 12.3. The van der Waals surface area contributed by atoms with Crippen LogP contribution in [0.5, 0.6) is 0 Å². The summed E-state index contributed by atoms with van der Waals surface area (Å²) in [5.74, 6) is -0.0167. The summed E-state index contributed by atoms with van der Waals surface area (Å²) in [5.41, 5.74) is 2.61. The molecule has 1 aromatic carbocycles. The van der Waals surface area contributed by atoms with Crippen molar-refractivity contribution in [3.8, 4) is 5.69 Å². The fraction of sp³-hybridized carbons (Fsp3) is 0.400. The van der Waals surface area contributed by atoms with E-state index in [1.165, 1.54) is 6.33 Å². The quantitative estimate of drug-likeness (QED) is 0.884. The summed E-state index contributed by atoms with van der Waals surface area (Å²) in [7, 11) is 0. The third-order valence-corrected chi connectivity index (χ3v) is 3.76. The van der Waals surface area contributed by atoms with Gasteiger partial charge in [0.2, 0.25) is 0 Å². The van der Waals surface area contributed by atoms with Gasteiger partial charge in [-0.3, -0.25) is 4.79 Å². The van der Waals surface area contributed by atoms with Gasteiger partial charge < -0.3 is 10.6 Å². The van der Waals surface area contributed by atoms with E-state index >= 15 is 0 Å². The van der Waals surface area contributed by atoms with Gasteiger partial charge in [0.1, 0.15) is 12.7 Å². The number of nitrogens with one attached hydrogen (secondary N) is 2. The number of rotatable bonds is 3. The molecule has 1 fully saturated rings. The standard InChI is InChI=1S/C15H19N5O/c1-11-7-12(4-5-14(11)20-10-17-9-18-20)15(21)19-13-3-2-6-16-8-13/h4-5,7,9-10,13,16H,2-3,6,8H2,1H3,(H,19,21)/t13-/m0/s1. The summed E-state index contributed by atoms with van der Waals surface area (Å²) in [6.45, 7) is 3.86. The maximum Gasteiger partial charge on any atom is 0.251 e. The number of carbonyl (C=O) groups is 1. The highest BCUT2D eigenvalue weighted by atomic mass is 16.1. The van der Waals surface area contributed by atoms with Crippen LogP contribution in [0.3, 0.4) is 0 Å². The van der Waals surface area contributed by atoms with Gasteiger partial charge in [0.15, 0.2) is 0 Å². The van der Waals surface area contributed by atoms with Crippen LogP contribution in [0.1, 0.15) is 28.8 Å². The SMILES string of the molecule is Cc1cc(C(=O)N[C@H]2CCCNC2)ccc1-n1cncn1. The second-order valence-electron chi connectivity index (χ2n) is 5.36. The van der Waals surface area contributed by atoms with Crippen LogP contribution in [0, 0.1) is 6.92 Å². The van der Waals surface area contributed by atoms with Crippen molar-refractivity contribution in [3.63, 3.8) is 0 Å². The van der Waals surface area contributed by atoms with E-state index in [0.29, 0.717) is 5.56 Å². The first kappa shape index (κ1) is 13.8. The van der Waals surface area contributed by atoms with Crippen LogP contribution in [0.25, 0.3) is 5.69 Å². The predicted molar refractivity (Wildman–Crippen MR) is 79.5 cm³/mol. The second kappa shape index (κ2) is 6.05. The molecule has 3 rings (SSSR count). The monoisotopic (exact) mass is 285 g/mol. The number of aromatic nitrogens is 3. The van der Waals surface area contributed by atoms with E-state index in [1.54, 1.807) is 11.0 Å². The first-order chi connectivity index (χ1) is 10.2. The molecule has 0 spiro atoms. The van der Waals surface area contributed by atoms with Crippen LogP contribution in [0.15, 0.2) is 30.9 Å². The summed E-state index contributed by atoms with van der Waals surface area (Å²) in [6.07, 6.45) is 5.29. The van der Waals surface area contributed by atoms with Gasteiger partial charge in [0.05, 0.1) is 5.69 Å². The van der Waals surface area contributed by atoms with Gasteiger partial charge in [-0.25, -0.2) is 9.67 Å². The second-order valence-corrected chi connectivity index (χ2v) is 5.36.